The topological polar surface area (TPSA) is 122 Å². The van der Waals surface area contributed by atoms with Crippen LogP contribution in [-0.2, 0) is 0 Å². The quantitative estimate of drug-likeness (QED) is 0.574. The summed E-state index contributed by atoms with van der Waals surface area (Å²) in [6.07, 6.45) is 4.99. The molecule has 132 valence electrons. The van der Waals surface area contributed by atoms with Crippen molar-refractivity contribution in [3.8, 4) is 22.8 Å². The molecule has 0 spiro atoms. The zero-order chi connectivity index (χ0) is 18.6. The van der Waals surface area contributed by atoms with Gasteiger partial charge in [-0.25, -0.2) is 4.98 Å². The fourth-order valence-corrected chi connectivity index (χ4v) is 2.43. The van der Waals surface area contributed by atoms with Gasteiger partial charge in [0.05, 0.1) is 5.69 Å². The number of nitrogens with one attached hydrogen (secondary N) is 2. The molecule has 4 rings (SSSR count). The van der Waals surface area contributed by atoms with Crippen molar-refractivity contribution in [1.82, 2.24) is 35.1 Å². The van der Waals surface area contributed by atoms with E-state index in [1.54, 1.807) is 43.7 Å². The summed E-state index contributed by atoms with van der Waals surface area (Å²) in [6, 6.07) is 10.7. The molecule has 1 amide bonds. The van der Waals surface area contributed by atoms with Crippen molar-refractivity contribution in [2.75, 3.05) is 5.32 Å². The molecule has 0 aliphatic heterocycles. The molecule has 0 aliphatic rings. The van der Waals surface area contributed by atoms with Crippen LogP contribution in [-0.4, -0.2) is 41.0 Å². The molecule has 0 atom stereocenters. The molecular weight excluding hydrogens is 344 g/mol. The van der Waals surface area contributed by atoms with Crippen molar-refractivity contribution in [2.24, 2.45) is 0 Å². The standard InChI is InChI=1S/C18H14N8O/c1-11-21-16(13-4-2-3-7-20-13)23-18(22-11)24-17(27)15-10-14(25-26-15)12-5-8-19-9-6-12/h2-10H,1H3,(H,25,26)(H,21,22,23,24,27). The van der Waals surface area contributed by atoms with E-state index in [1.807, 2.05) is 18.2 Å². The van der Waals surface area contributed by atoms with E-state index >= 15 is 0 Å². The molecule has 0 unspecified atom stereocenters. The van der Waals surface area contributed by atoms with Gasteiger partial charge in [0, 0.05) is 24.2 Å². The number of amides is 1. The van der Waals surface area contributed by atoms with Gasteiger partial charge in [-0.15, -0.1) is 0 Å². The molecule has 4 aromatic rings. The molecule has 4 aromatic heterocycles. The van der Waals surface area contributed by atoms with Crippen molar-refractivity contribution < 1.29 is 4.79 Å². The predicted octanol–water partition coefficient (Wildman–Crippen LogP) is 2.28. The van der Waals surface area contributed by atoms with Crippen LogP contribution >= 0.6 is 0 Å². The Hall–Kier alpha value is -4.01. The average molecular weight is 358 g/mol. The highest BCUT2D eigenvalue weighted by Crippen LogP contribution is 2.17. The summed E-state index contributed by atoms with van der Waals surface area (Å²) < 4.78 is 0. The Bertz CT molecular complexity index is 1080. The fraction of sp³-hybridized carbons (Fsp3) is 0.0556. The number of carbonyl (C=O) groups is 1. The van der Waals surface area contributed by atoms with Gasteiger partial charge in [0.1, 0.15) is 11.5 Å². The van der Waals surface area contributed by atoms with Gasteiger partial charge < -0.3 is 0 Å². The molecule has 27 heavy (non-hydrogen) atoms. The third-order valence-electron chi connectivity index (χ3n) is 3.67. The zero-order valence-electron chi connectivity index (χ0n) is 14.3. The Labute approximate surface area is 154 Å². The first-order chi connectivity index (χ1) is 13.2. The second kappa shape index (κ2) is 7.08. The molecule has 9 nitrogen and oxygen atoms in total. The highest BCUT2D eigenvalue weighted by molar-refractivity contribution is 6.02. The van der Waals surface area contributed by atoms with Gasteiger partial charge in [-0.2, -0.15) is 15.1 Å². The minimum atomic E-state index is -0.427. The van der Waals surface area contributed by atoms with Crippen LogP contribution in [0.5, 0.6) is 0 Å². The van der Waals surface area contributed by atoms with Gasteiger partial charge in [0.25, 0.3) is 5.91 Å². The highest BCUT2D eigenvalue weighted by Gasteiger charge is 2.15. The number of anilines is 1. The molecule has 0 saturated heterocycles. The van der Waals surface area contributed by atoms with Crippen LogP contribution in [0.1, 0.15) is 16.3 Å². The number of aromatic nitrogens is 7. The number of rotatable bonds is 4. The Morgan fingerprint density at radius 1 is 1.04 bits per heavy atom. The van der Waals surface area contributed by atoms with E-state index in [4.69, 9.17) is 0 Å². The molecule has 0 fully saturated rings. The van der Waals surface area contributed by atoms with Gasteiger partial charge in [-0.1, -0.05) is 6.07 Å². The zero-order valence-corrected chi connectivity index (χ0v) is 14.3. The van der Waals surface area contributed by atoms with Gasteiger partial charge in [0.2, 0.25) is 5.95 Å². The molecule has 0 aliphatic carbocycles. The number of aromatic amines is 1. The number of hydrogen-bond donors (Lipinski definition) is 2. The lowest BCUT2D eigenvalue weighted by Crippen LogP contribution is -2.16. The Morgan fingerprint density at radius 3 is 2.67 bits per heavy atom. The van der Waals surface area contributed by atoms with E-state index in [0.717, 1.165) is 5.56 Å². The van der Waals surface area contributed by atoms with Crippen molar-refractivity contribution in [3.05, 3.63) is 66.5 Å². The number of H-pyrrole nitrogens is 1. The highest BCUT2D eigenvalue weighted by atomic mass is 16.2. The summed E-state index contributed by atoms with van der Waals surface area (Å²) in [7, 11) is 0. The Morgan fingerprint density at radius 2 is 1.89 bits per heavy atom. The molecule has 9 heteroatoms. The minimum absolute atomic E-state index is 0.140. The summed E-state index contributed by atoms with van der Waals surface area (Å²) in [4.78, 5) is 33.4. The predicted molar refractivity (Wildman–Crippen MR) is 97.6 cm³/mol. The molecule has 0 bridgehead atoms. The van der Waals surface area contributed by atoms with E-state index in [2.05, 4.69) is 40.4 Å². The van der Waals surface area contributed by atoms with Crippen LogP contribution in [0.3, 0.4) is 0 Å². The maximum atomic E-state index is 12.5. The summed E-state index contributed by atoms with van der Waals surface area (Å²) in [5.74, 6) is 0.573. The fourth-order valence-electron chi connectivity index (χ4n) is 2.43. The Balaban J connectivity index is 1.57. The first-order valence-electron chi connectivity index (χ1n) is 8.10. The third-order valence-corrected chi connectivity index (χ3v) is 3.67. The van der Waals surface area contributed by atoms with Gasteiger partial charge >= 0.3 is 0 Å². The minimum Gasteiger partial charge on any atom is -0.289 e. The van der Waals surface area contributed by atoms with Crippen LogP contribution in [0.2, 0.25) is 0 Å². The van der Waals surface area contributed by atoms with Crippen molar-refractivity contribution in [2.45, 2.75) is 6.92 Å². The molecular formula is C18H14N8O. The first kappa shape index (κ1) is 16.5. The maximum absolute atomic E-state index is 12.5. The maximum Gasteiger partial charge on any atom is 0.278 e. The largest absolute Gasteiger partial charge is 0.289 e. The number of pyridine rings is 2. The van der Waals surface area contributed by atoms with Crippen molar-refractivity contribution in [1.29, 1.82) is 0 Å². The van der Waals surface area contributed by atoms with E-state index in [9.17, 15) is 4.79 Å². The Kier molecular flexibility index (Phi) is 4.32. The summed E-state index contributed by atoms with van der Waals surface area (Å²) in [5.41, 5.74) is 2.41. The number of carbonyl (C=O) groups excluding carboxylic acids is 1. The monoisotopic (exact) mass is 358 g/mol. The molecule has 0 aromatic carbocycles. The third kappa shape index (κ3) is 3.66. The summed E-state index contributed by atoms with van der Waals surface area (Å²) in [5, 5.41) is 9.54. The lowest BCUT2D eigenvalue weighted by atomic mass is 10.2. The summed E-state index contributed by atoms with van der Waals surface area (Å²) >= 11 is 0. The van der Waals surface area contributed by atoms with E-state index in [1.165, 1.54) is 0 Å². The molecule has 4 heterocycles. The molecule has 2 N–H and O–H groups in total. The lowest BCUT2D eigenvalue weighted by Gasteiger charge is -2.05. The van der Waals surface area contributed by atoms with Crippen LogP contribution in [0.25, 0.3) is 22.8 Å². The van der Waals surface area contributed by atoms with Crippen LogP contribution < -0.4 is 5.32 Å². The number of aryl methyl sites for hydroxylation is 1. The van der Waals surface area contributed by atoms with Crippen LogP contribution in [0.4, 0.5) is 5.95 Å². The average Bonchev–Trinajstić information content (AvgIpc) is 3.19. The van der Waals surface area contributed by atoms with Gasteiger partial charge in [0.15, 0.2) is 11.5 Å². The normalized spacial score (nSPS) is 10.6. The van der Waals surface area contributed by atoms with E-state index in [0.29, 0.717) is 23.0 Å². The van der Waals surface area contributed by atoms with Gasteiger partial charge in [-0.05, 0) is 37.3 Å². The van der Waals surface area contributed by atoms with Gasteiger partial charge in [-0.3, -0.25) is 25.2 Å². The molecule has 0 radical (unpaired) electrons. The smallest absolute Gasteiger partial charge is 0.278 e. The summed E-state index contributed by atoms with van der Waals surface area (Å²) in [6.45, 7) is 1.72. The van der Waals surface area contributed by atoms with Crippen molar-refractivity contribution >= 4 is 11.9 Å². The first-order valence-corrected chi connectivity index (χ1v) is 8.10. The van der Waals surface area contributed by atoms with Crippen LogP contribution in [0.15, 0.2) is 55.0 Å². The van der Waals surface area contributed by atoms with Crippen LogP contribution in [0, 0.1) is 6.92 Å². The van der Waals surface area contributed by atoms with E-state index < -0.39 is 5.91 Å². The molecule has 0 saturated carbocycles. The lowest BCUT2D eigenvalue weighted by molar-refractivity contribution is 0.102. The number of nitrogens with zero attached hydrogens (tertiary/aromatic N) is 6. The second-order valence-electron chi connectivity index (χ2n) is 5.60. The number of hydrogen-bond acceptors (Lipinski definition) is 7. The SMILES string of the molecule is Cc1nc(NC(=O)c2cc(-c3ccncc3)[nH]n2)nc(-c2ccccn2)n1. The van der Waals surface area contributed by atoms with Crippen molar-refractivity contribution in [3.63, 3.8) is 0 Å². The van der Waals surface area contributed by atoms with E-state index in [-0.39, 0.29) is 11.6 Å². The second-order valence-corrected chi connectivity index (χ2v) is 5.60.